The molecule has 0 saturated heterocycles. The number of halogens is 1. The van der Waals surface area contributed by atoms with E-state index in [0.717, 1.165) is 0 Å². The van der Waals surface area contributed by atoms with Gasteiger partial charge in [-0.15, -0.1) is 0 Å². The zero-order chi connectivity index (χ0) is 18.6. The van der Waals surface area contributed by atoms with E-state index in [9.17, 15) is 14.2 Å². The molecule has 2 unspecified atom stereocenters. The van der Waals surface area contributed by atoms with Crippen molar-refractivity contribution in [2.24, 2.45) is 0 Å². The largest absolute Gasteiger partial charge is 0.469 e. The number of fused-ring (bicyclic) bond motifs is 1. The van der Waals surface area contributed by atoms with E-state index in [0.29, 0.717) is 20.9 Å². The van der Waals surface area contributed by atoms with Gasteiger partial charge in [-0.25, -0.2) is 4.79 Å². The summed E-state index contributed by atoms with van der Waals surface area (Å²) in [5.74, 6) is -1.04. The topological polar surface area (TPSA) is 88.1 Å². The molecule has 0 aliphatic carbocycles. The van der Waals surface area contributed by atoms with Crippen LogP contribution in [0.1, 0.15) is 30.6 Å². The maximum atomic E-state index is 13.2. The Kier molecular flexibility index (Phi) is 6.57. The molecule has 0 saturated carbocycles. The molecule has 0 radical (unpaired) electrons. The lowest BCUT2D eigenvalue weighted by atomic mass is 10.0. The summed E-state index contributed by atoms with van der Waals surface area (Å²) < 4.78 is 34.1. The third-order valence-electron chi connectivity index (χ3n) is 3.50. The van der Waals surface area contributed by atoms with E-state index in [4.69, 9.17) is 9.05 Å². The third-order valence-corrected chi connectivity index (χ3v) is 6.15. The first kappa shape index (κ1) is 19.8. The summed E-state index contributed by atoms with van der Waals surface area (Å²) in [4.78, 5) is 23.0. The van der Waals surface area contributed by atoms with Crippen LogP contribution >= 0.6 is 23.5 Å². The molecular formula is C16H18BrO7P. The molecule has 1 aliphatic heterocycles. The first-order valence-corrected chi connectivity index (χ1v) is 9.78. The van der Waals surface area contributed by atoms with E-state index >= 15 is 0 Å². The van der Waals surface area contributed by atoms with Crippen molar-refractivity contribution in [1.82, 2.24) is 0 Å². The lowest BCUT2D eigenvalue weighted by molar-refractivity contribution is -0.142. The molecule has 0 N–H and O–H groups in total. The molecule has 1 aromatic rings. The van der Waals surface area contributed by atoms with Crippen molar-refractivity contribution in [3.63, 3.8) is 0 Å². The number of hydrogen-bond acceptors (Lipinski definition) is 7. The van der Waals surface area contributed by atoms with E-state index in [-0.39, 0.29) is 13.0 Å². The van der Waals surface area contributed by atoms with Gasteiger partial charge in [-0.05, 0) is 36.3 Å². The summed E-state index contributed by atoms with van der Waals surface area (Å²) in [6.45, 7) is 1.86. The van der Waals surface area contributed by atoms with Crippen LogP contribution in [0.2, 0.25) is 0 Å². The zero-order valence-electron chi connectivity index (χ0n) is 14.0. The number of hydrogen-bond donors (Lipinski definition) is 0. The second-order valence-corrected chi connectivity index (χ2v) is 7.91. The van der Waals surface area contributed by atoms with E-state index in [1.165, 1.54) is 26.4 Å². The molecule has 2 rings (SSSR count). The molecule has 7 nitrogen and oxygen atoms in total. The molecule has 0 bridgehead atoms. The van der Waals surface area contributed by atoms with Crippen molar-refractivity contribution in [3.05, 3.63) is 33.8 Å². The van der Waals surface area contributed by atoms with Crippen LogP contribution in [-0.4, -0.2) is 32.8 Å². The van der Waals surface area contributed by atoms with Crippen LogP contribution in [0, 0.1) is 0 Å². The van der Waals surface area contributed by atoms with Gasteiger partial charge in [0.05, 0.1) is 32.6 Å². The van der Waals surface area contributed by atoms with Crippen LogP contribution < -0.4 is 5.30 Å². The lowest BCUT2D eigenvalue weighted by Gasteiger charge is -2.14. The predicted molar refractivity (Wildman–Crippen MR) is 94.5 cm³/mol. The Morgan fingerprint density at radius 2 is 2.04 bits per heavy atom. The minimum Gasteiger partial charge on any atom is -0.469 e. The average Bonchev–Trinajstić information content (AvgIpc) is 2.84. The third kappa shape index (κ3) is 4.39. The van der Waals surface area contributed by atoms with Crippen molar-refractivity contribution >= 4 is 46.8 Å². The fourth-order valence-electron chi connectivity index (χ4n) is 2.48. The predicted octanol–water partition coefficient (Wildman–Crippen LogP) is 3.12. The maximum absolute atomic E-state index is 13.2. The average molecular weight is 433 g/mol. The Balaban J connectivity index is 2.57. The fourth-order valence-corrected chi connectivity index (χ4v) is 5.11. The van der Waals surface area contributed by atoms with Crippen LogP contribution in [-0.2, 0) is 32.7 Å². The highest BCUT2D eigenvalue weighted by atomic mass is 79.9. The molecule has 136 valence electrons. The molecular weight excluding hydrogens is 415 g/mol. The summed E-state index contributed by atoms with van der Waals surface area (Å²) in [5, 5.41) is 0.339. The van der Waals surface area contributed by atoms with Crippen molar-refractivity contribution in [3.8, 4) is 0 Å². The van der Waals surface area contributed by atoms with Gasteiger partial charge in [-0.2, -0.15) is 0 Å². The summed E-state index contributed by atoms with van der Waals surface area (Å²) in [5.41, 5.74) is 1.04. The van der Waals surface area contributed by atoms with Crippen molar-refractivity contribution in [2.75, 3.05) is 20.8 Å². The van der Waals surface area contributed by atoms with Crippen molar-refractivity contribution in [2.45, 2.75) is 19.4 Å². The van der Waals surface area contributed by atoms with E-state index in [2.05, 4.69) is 25.4 Å². The van der Waals surface area contributed by atoms with Gasteiger partial charge in [0.1, 0.15) is 6.10 Å². The number of methoxy groups -OCH3 is 2. The van der Waals surface area contributed by atoms with Crippen LogP contribution in [0.5, 0.6) is 0 Å². The molecule has 2 atom stereocenters. The SMILES string of the molecule is CCOP1(=O)OC(CC(=O)OC)c2cc(Br)cc(C=CC(=O)OC)c21. The van der Waals surface area contributed by atoms with Crippen LogP contribution in [0.15, 0.2) is 22.7 Å². The molecule has 9 heteroatoms. The summed E-state index contributed by atoms with van der Waals surface area (Å²) in [6, 6.07) is 3.41. The molecule has 1 aliphatic rings. The highest BCUT2D eigenvalue weighted by Crippen LogP contribution is 2.59. The van der Waals surface area contributed by atoms with Gasteiger partial charge < -0.3 is 14.0 Å². The minimum atomic E-state index is -3.64. The Labute approximate surface area is 153 Å². The number of rotatable bonds is 6. The Morgan fingerprint density at radius 3 is 2.64 bits per heavy atom. The summed E-state index contributed by atoms with van der Waals surface area (Å²) in [6.07, 6.45) is 1.83. The summed E-state index contributed by atoms with van der Waals surface area (Å²) >= 11 is 3.37. The first-order valence-electron chi connectivity index (χ1n) is 7.44. The number of carbonyl (C=O) groups is 2. The quantitative estimate of drug-likeness (QED) is 0.387. The van der Waals surface area contributed by atoms with Crippen LogP contribution in [0.25, 0.3) is 6.08 Å². The molecule has 0 fully saturated rings. The monoisotopic (exact) mass is 432 g/mol. The number of benzene rings is 1. The Bertz CT molecular complexity index is 759. The second-order valence-electron chi connectivity index (χ2n) is 5.08. The van der Waals surface area contributed by atoms with E-state index in [1.54, 1.807) is 19.1 Å². The lowest BCUT2D eigenvalue weighted by Crippen LogP contribution is -2.12. The van der Waals surface area contributed by atoms with Crippen LogP contribution in [0.4, 0.5) is 0 Å². The normalized spacial score (nSPS) is 22.0. The molecule has 25 heavy (non-hydrogen) atoms. The standard InChI is InChI=1S/C16H18BrO7P/c1-4-23-25(20)16-10(5-6-14(18)21-2)7-11(17)8-12(16)13(24-25)9-15(19)22-3/h5-8,13H,4,9H2,1-3H3. The molecule has 0 aromatic heterocycles. The highest BCUT2D eigenvalue weighted by Gasteiger charge is 2.45. The fraction of sp³-hybridized carbons (Fsp3) is 0.375. The number of esters is 2. The Hall–Kier alpha value is -1.47. The maximum Gasteiger partial charge on any atom is 0.362 e. The van der Waals surface area contributed by atoms with Gasteiger partial charge >= 0.3 is 19.5 Å². The van der Waals surface area contributed by atoms with Gasteiger partial charge in [0.15, 0.2) is 0 Å². The molecule has 1 heterocycles. The van der Waals surface area contributed by atoms with Gasteiger partial charge in [0, 0.05) is 10.5 Å². The molecule has 0 spiro atoms. The number of ether oxygens (including phenoxy) is 2. The van der Waals surface area contributed by atoms with Gasteiger partial charge in [0.25, 0.3) is 0 Å². The molecule has 0 amide bonds. The van der Waals surface area contributed by atoms with E-state index in [1.807, 2.05) is 0 Å². The summed E-state index contributed by atoms with van der Waals surface area (Å²) in [7, 11) is -1.11. The van der Waals surface area contributed by atoms with Crippen LogP contribution in [0.3, 0.4) is 0 Å². The zero-order valence-corrected chi connectivity index (χ0v) is 16.5. The van der Waals surface area contributed by atoms with Gasteiger partial charge in [-0.1, -0.05) is 15.9 Å². The van der Waals surface area contributed by atoms with Gasteiger partial charge in [0.2, 0.25) is 0 Å². The van der Waals surface area contributed by atoms with Gasteiger partial charge in [-0.3, -0.25) is 13.9 Å². The van der Waals surface area contributed by atoms with E-state index < -0.39 is 25.6 Å². The smallest absolute Gasteiger partial charge is 0.362 e. The minimum absolute atomic E-state index is 0.100. The highest BCUT2D eigenvalue weighted by molar-refractivity contribution is 9.10. The Morgan fingerprint density at radius 1 is 1.32 bits per heavy atom. The van der Waals surface area contributed by atoms with Crippen molar-refractivity contribution in [1.29, 1.82) is 0 Å². The number of carbonyl (C=O) groups excluding carboxylic acids is 2. The second kappa shape index (κ2) is 8.27. The van der Waals surface area contributed by atoms with Crippen molar-refractivity contribution < 1.29 is 32.7 Å². The first-order chi connectivity index (χ1) is 11.8. The molecule has 1 aromatic carbocycles.